The van der Waals surface area contributed by atoms with Gasteiger partial charge in [0.25, 0.3) is 5.91 Å². The first-order valence-corrected chi connectivity index (χ1v) is 15.7. The summed E-state index contributed by atoms with van der Waals surface area (Å²) in [5.74, 6) is 0.178. The number of ether oxygens (including phenoxy) is 1. The number of halogens is 1. The molecule has 0 unspecified atom stereocenters. The number of aromatic nitrogens is 1. The Bertz CT molecular complexity index is 1290. The van der Waals surface area contributed by atoms with Crippen LogP contribution in [0.25, 0.3) is 11.1 Å². The molecule has 0 bridgehead atoms. The van der Waals surface area contributed by atoms with E-state index >= 15 is 0 Å². The van der Waals surface area contributed by atoms with Crippen molar-refractivity contribution < 1.29 is 14.5 Å². The molecule has 3 aromatic rings. The topological polar surface area (TPSA) is 50.2 Å². The van der Waals surface area contributed by atoms with Crippen molar-refractivity contribution in [3.05, 3.63) is 82.1 Å². The lowest BCUT2D eigenvalue weighted by atomic mass is 9.84. The number of hydrogen-bond donors (Lipinski definition) is 0. The molecular weight excluding hydrogens is 576 g/mol. The number of amides is 1. The summed E-state index contributed by atoms with van der Waals surface area (Å²) in [5, 5.41) is 0. The van der Waals surface area contributed by atoms with Crippen molar-refractivity contribution in [2.75, 3.05) is 51.3 Å². The molecule has 2 aromatic carbocycles. The molecule has 7 heteroatoms. The molecule has 0 aliphatic carbocycles. The Morgan fingerprint density at radius 2 is 1.59 bits per heavy atom. The summed E-state index contributed by atoms with van der Waals surface area (Å²) >= 11 is 3.57. The predicted octanol–water partition coefficient (Wildman–Crippen LogP) is 6.16. The zero-order valence-corrected chi connectivity index (χ0v) is 26.5. The Hall–Kier alpha value is -2.74. The van der Waals surface area contributed by atoms with Gasteiger partial charge >= 0.3 is 0 Å². The van der Waals surface area contributed by atoms with Crippen molar-refractivity contribution in [2.24, 2.45) is 0 Å². The number of anilines is 1. The first-order chi connectivity index (χ1) is 19.8. The van der Waals surface area contributed by atoms with Crippen molar-refractivity contribution in [2.45, 2.75) is 58.0 Å². The van der Waals surface area contributed by atoms with Crippen LogP contribution in [0.1, 0.15) is 54.1 Å². The predicted molar refractivity (Wildman–Crippen MR) is 169 cm³/mol. The van der Waals surface area contributed by atoms with Crippen LogP contribution in [0.3, 0.4) is 0 Å². The molecule has 2 fully saturated rings. The number of aromatic amines is 1. The summed E-state index contributed by atoms with van der Waals surface area (Å²) in [5.41, 5.74) is 6.68. The highest BCUT2D eigenvalue weighted by Gasteiger charge is 2.39. The number of piperidine rings is 2. The molecular formula is C34H44BrN4O2+. The summed E-state index contributed by atoms with van der Waals surface area (Å²) in [6.07, 6.45) is 8.18. The third-order valence-electron chi connectivity index (χ3n) is 9.29. The summed E-state index contributed by atoms with van der Waals surface area (Å²) in [6.45, 7) is 12.0. The van der Waals surface area contributed by atoms with Crippen molar-refractivity contribution in [1.29, 1.82) is 0 Å². The van der Waals surface area contributed by atoms with Gasteiger partial charge < -0.3 is 14.5 Å². The second-order valence-electron chi connectivity index (χ2n) is 11.9. The fourth-order valence-electron chi connectivity index (χ4n) is 6.77. The third kappa shape index (κ3) is 6.68. The van der Waals surface area contributed by atoms with E-state index in [1.165, 1.54) is 5.69 Å². The van der Waals surface area contributed by atoms with E-state index in [0.717, 1.165) is 97.3 Å². The Morgan fingerprint density at radius 3 is 2.17 bits per heavy atom. The van der Waals surface area contributed by atoms with Crippen LogP contribution in [0, 0.1) is 13.8 Å². The van der Waals surface area contributed by atoms with Gasteiger partial charge in [-0.25, -0.2) is 4.98 Å². The minimum atomic E-state index is 0.134. The van der Waals surface area contributed by atoms with Crippen molar-refractivity contribution >= 4 is 27.5 Å². The summed E-state index contributed by atoms with van der Waals surface area (Å²) in [4.78, 5) is 24.1. The molecule has 5 rings (SSSR count). The lowest BCUT2D eigenvalue weighted by molar-refractivity contribution is -0.377. The average Bonchev–Trinajstić information content (AvgIpc) is 2.99. The van der Waals surface area contributed by atoms with Gasteiger partial charge in [-0.2, -0.15) is 0 Å². The van der Waals surface area contributed by atoms with Crippen LogP contribution < -0.4 is 9.88 Å². The van der Waals surface area contributed by atoms with Gasteiger partial charge in [-0.15, -0.1) is 0 Å². The van der Waals surface area contributed by atoms with Gasteiger partial charge in [-0.1, -0.05) is 28.1 Å². The summed E-state index contributed by atoms with van der Waals surface area (Å²) in [6, 6.07) is 17.6. The monoisotopic (exact) mass is 619 g/mol. The van der Waals surface area contributed by atoms with Gasteiger partial charge in [0.2, 0.25) is 0 Å². The van der Waals surface area contributed by atoms with Gasteiger partial charge in [0.1, 0.15) is 0 Å². The highest BCUT2D eigenvalue weighted by Crippen LogP contribution is 2.34. The number of carbonyl (C=O) groups is 1. The molecule has 0 spiro atoms. The van der Waals surface area contributed by atoms with Crippen LogP contribution >= 0.6 is 15.9 Å². The Morgan fingerprint density at radius 1 is 0.976 bits per heavy atom. The molecule has 6 nitrogen and oxygen atoms in total. The normalized spacial score (nSPS) is 17.9. The number of pyridine rings is 1. The van der Waals surface area contributed by atoms with E-state index in [2.05, 4.69) is 105 Å². The van der Waals surface area contributed by atoms with Gasteiger partial charge in [-0.05, 0) is 93.0 Å². The molecule has 41 heavy (non-hydrogen) atoms. The maximum Gasteiger partial charge on any atom is 0.254 e. The second kappa shape index (κ2) is 13.1. The van der Waals surface area contributed by atoms with Crippen molar-refractivity contribution in [1.82, 2.24) is 9.80 Å². The zero-order chi connectivity index (χ0) is 29.0. The Balaban J connectivity index is 1.20. The van der Waals surface area contributed by atoms with Gasteiger partial charge in [0.05, 0.1) is 6.61 Å². The van der Waals surface area contributed by atoms with Crippen LogP contribution in [0.15, 0.2) is 65.4 Å². The highest BCUT2D eigenvalue weighted by molar-refractivity contribution is 9.10. The summed E-state index contributed by atoms with van der Waals surface area (Å²) in [7, 11) is 1.78. The number of carbonyl (C=O) groups excluding carboxylic acids is 1. The lowest BCUT2D eigenvalue weighted by Crippen LogP contribution is -2.58. The number of methoxy groups -OCH3 is 1. The SMILES string of the molecule is COCCN(c1ccc(Br)cc1)C1CCN(C2(C)CCN(C(=O)c3c(C)cc(-c4cc[nH+]cc4)cc3C)CC2)CC1. The van der Waals surface area contributed by atoms with E-state index in [4.69, 9.17) is 4.74 Å². The van der Waals surface area contributed by atoms with Crippen molar-refractivity contribution in [3.63, 3.8) is 0 Å². The largest absolute Gasteiger partial charge is 0.383 e. The van der Waals surface area contributed by atoms with Gasteiger partial charge in [0.15, 0.2) is 12.4 Å². The van der Waals surface area contributed by atoms with Crippen LogP contribution in [-0.4, -0.2) is 73.7 Å². The number of nitrogens with one attached hydrogen (secondary N) is 1. The van der Waals surface area contributed by atoms with Crippen LogP contribution in [0.4, 0.5) is 5.69 Å². The van der Waals surface area contributed by atoms with E-state index < -0.39 is 0 Å². The smallest absolute Gasteiger partial charge is 0.254 e. The van der Waals surface area contributed by atoms with E-state index in [1.54, 1.807) is 7.11 Å². The molecule has 0 atom stereocenters. The van der Waals surface area contributed by atoms with Crippen LogP contribution in [0.2, 0.25) is 0 Å². The second-order valence-corrected chi connectivity index (χ2v) is 12.9. The highest BCUT2D eigenvalue weighted by atomic mass is 79.9. The number of likely N-dealkylation sites (tertiary alicyclic amines) is 2. The Kier molecular flexibility index (Phi) is 9.47. The number of benzene rings is 2. The van der Waals surface area contributed by atoms with Gasteiger partial charge in [0, 0.05) is 79.3 Å². The molecule has 2 aliphatic rings. The van der Waals surface area contributed by atoms with E-state index in [0.29, 0.717) is 6.04 Å². The number of H-pyrrole nitrogens is 1. The Labute approximate surface area is 253 Å². The molecule has 1 aromatic heterocycles. The lowest BCUT2D eigenvalue weighted by Gasteiger charge is -2.50. The molecule has 2 saturated heterocycles. The fraction of sp³-hybridized carbons (Fsp3) is 0.471. The fourth-order valence-corrected chi connectivity index (χ4v) is 7.04. The first-order valence-electron chi connectivity index (χ1n) is 14.9. The minimum absolute atomic E-state index is 0.134. The molecule has 0 radical (unpaired) electrons. The number of aryl methyl sites for hydroxylation is 2. The average molecular weight is 621 g/mol. The number of hydrogen-bond acceptors (Lipinski definition) is 4. The zero-order valence-electron chi connectivity index (χ0n) is 25.0. The minimum Gasteiger partial charge on any atom is -0.383 e. The maximum absolute atomic E-state index is 13.7. The van der Waals surface area contributed by atoms with Gasteiger partial charge in [-0.3, -0.25) is 9.69 Å². The summed E-state index contributed by atoms with van der Waals surface area (Å²) < 4.78 is 6.55. The third-order valence-corrected chi connectivity index (χ3v) is 9.82. The number of rotatable bonds is 8. The van der Waals surface area contributed by atoms with Crippen molar-refractivity contribution in [3.8, 4) is 11.1 Å². The maximum atomic E-state index is 13.7. The van der Waals surface area contributed by atoms with Crippen LogP contribution in [0.5, 0.6) is 0 Å². The van der Waals surface area contributed by atoms with Crippen LogP contribution in [-0.2, 0) is 4.74 Å². The molecule has 2 aliphatic heterocycles. The standard InChI is InChI=1S/C34H43BrN4O2/c1-25-23-28(27-9-15-36-16-10-27)24-26(2)32(25)33(40)37-19-13-34(3,14-20-37)38-17-11-31(12-18-38)39(21-22-41-4)30-7-5-29(35)6-8-30/h5-10,15-16,23-24,31H,11-14,17-22H2,1-4H3/p+1. The first kappa shape index (κ1) is 29.7. The molecule has 1 amide bonds. The van der Waals surface area contributed by atoms with E-state index in [1.807, 2.05) is 12.4 Å². The van der Waals surface area contributed by atoms with E-state index in [-0.39, 0.29) is 11.4 Å². The van der Waals surface area contributed by atoms with E-state index in [9.17, 15) is 4.79 Å². The molecule has 3 heterocycles. The molecule has 218 valence electrons. The quantitative estimate of drug-likeness (QED) is 0.303. The number of nitrogens with zero attached hydrogens (tertiary/aromatic N) is 3. The molecule has 0 saturated carbocycles. The molecule has 1 N–H and O–H groups in total.